The van der Waals surface area contributed by atoms with Crippen LogP contribution in [0.25, 0.3) is 22.8 Å². The molecule has 40 heavy (non-hydrogen) atoms. The van der Waals surface area contributed by atoms with Gasteiger partial charge in [0.15, 0.2) is 0 Å². The maximum Gasteiger partial charge on any atom is 0.398 e. The van der Waals surface area contributed by atoms with Crippen molar-refractivity contribution in [2.45, 2.75) is 43.8 Å². The average molecular weight is 546 g/mol. The van der Waals surface area contributed by atoms with Gasteiger partial charge >= 0.3 is 6.18 Å². The fourth-order valence-electron chi connectivity index (χ4n) is 5.35. The predicted octanol–water partition coefficient (Wildman–Crippen LogP) is 5.95. The van der Waals surface area contributed by atoms with Crippen LogP contribution < -0.4 is 10.5 Å². The highest BCUT2D eigenvalue weighted by molar-refractivity contribution is 5.60. The van der Waals surface area contributed by atoms with Gasteiger partial charge in [-0.25, -0.2) is 0 Å². The minimum absolute atomic E-state index is 0.100. The largest absolute Gasteiger partial charge is 0.398 e. The number of hydrogen-bond acceptors (Lipinski definition) is 6. The zero-order valence-corrected chi connectivity index (χ0v) is 21.6. The zero-order valence-electron chi connectivity index (χ0n) is 21.6. The van der Waals surface area contributed by atoms with Gasteiger partial charge in [-0.05, 0) is 55.0 Å². The first-order chi connectivity index (χ1) is 19.3. The van der Waals surface area contributed by atoms with Crippen molar-refractivity contribution < 1.29 is 17.7 Å². The monoisotopic (exact) mass is 545 g/mol. The van der Waals surface area contributed by atoms with Crippen LogP contribution in [0.15, 0.2) is 76.2 Å². The van der Waals surface area contributed by atoms with Gasteiger partial charge in [-0.2, -0.15) is 23.4 Å². The molecule has 0 bridgehead atoms. The van der Waals surface area contributed by atoms with Gasteiger partial charge in [0.25, 0.3) is 11.4 Å². The molecular formula is C30H26F3N5O2. The molecule has 7 nitrogen and oxygen atoms in total. The van der Waals surface area contributed by atoms with Crippen LogP contribution in [0.1, 0.15) is 36.8 Å². The fraction of sp³-hybridized carbons (Fsp3) is 0.333. The molecule has 1 saturated heterocycles. The van der Waals surface area contributed by atoms with E-state index in [4.69, 9.17) is 9.78 Å². The van der Waals surface area contributed by atoms with Crippen LogP contribution in [0, 0.1) is 17.2 Å². The Balaban J connectivity index is 1.19. The standard InChI is InChI=1S/C30H26F3N5O2/c31-30(32,33)29(12-13-29)24-7-4-22(5-8-24)27-35-28(40-36-27)23-6-9-26(39)38(19-23)18-21-2-1-3-25(16-21)37-14-10-20(17-34)11-15-37/h1-9,16,19-20H,10-15,18H2. The number of nitriles is 1. The van der Waals surface area contributed by atoms with Gasteiger partial charge in [-0.15, -0.1) is 0 Å². The molecule has 2 aliphatic rings. The number of piperidine rings is 1. The van der Waals surface area contributed by atoms with E-state index in [-0.39, 0.29) is 41.6 Å². The maximum absolute atomic E-state index is 13.4. The molecule has 0 amide bonds. The quantitative estimate of drug-likeness (QED) is 0.298. The van der Waals surface area contributed by atoms with Crippen molar-refractivity contribution in [1.82, 2.24) is 14.7 Å². The third-order valence-corrected chi connectivity index (χ3v) is 7.95. The molecule has 204 valence electrons. The molecule has 0 N–H and O–H groups in total. The van der Waals surface area contributed by atoms with Crippen LogP contribution in [0.2, 0.25) is 0 Å². The minimum atomic E-state index is -4.27. The Bertz CT molecular complexity index is 1620. The molecule has 0 radical (unpaired) electrons. The van der Waals surface area contributed by atoms with Gasteiger partial charge < -0.3 is 14.0 Å². The summed E-state index contributed by atoms with van der Waals surface area (Å²) >= 11 is 0. The SMILES string of the molecule is N#CC1CCN(c2cccc(Cn3cc(-c4nc(-c5ccc(C6(C(F)(F)F)CC6)cc5)no4)ccc3=O)c2)CC1. The van der Waals surface area contributed by atoms with Crippen molar-refractivity contribution in [3.8, 4) is 28.9 Å². The van der Waals surface area contributed by atoms with E-state index in [9.17, 15) is 18.0 Å². The number of pyridine rings is 1. The summed E-state index contributed by atoms with van der Waals surface area (Å²) < 4.78 is 47.4. The van der Waals surface area contributed by atoms with Gasteiger partial charge in [0.05, 0.1) is 23.6 Å². The maximum atomic E-state index is 13.4. The predicted molar refractivity (Wildman–Crippen MR) is 142 cm³/mol. The first-order valence-corrected chi connectivity index (χ1v) is 13.2. The van der Waals surface area contributed by atoms with Gasteiger partial charge in [0.1, 0.15) is 0 Å². The highest BCUT2D eigenvalue weighted by Gasteiger charge is 2.64. The summed E-state index contributed by atoms with van der Waals surface area (Å²) in [5, 5.41) is 13.2. The molecule has 3 heterocycles. The number of nitrogens with zero attached hydrogens (tertiary/aromatic N) is 5. The molecule has 1 aliphatic carbocycles. The first-order valence-electron chi connectivity index (χ1n) is 13.2. The second-order valence-electron chi connectivity index (χ2n) is 10.5. The van der Waals surface area contributed by atoms with Crippen molar-refractivity contribution in [3.05, 3.63) is 88.3 Å². The van der Waals surface area contributed by atoms with E-state index in [2.05, 4.69) is 27.2 Å². The second kappa shape index (κ2) is 9.97. The smallest absolute Gasteiger partial charge is 0.371 e. The van der Waals surface area contributed by atoms with Crippen molar-refractivity contribution in [2.75, 3.05) is 18.0 Å². The van der Waals surface area contributed by atoms with E-state index in [1.807, 2.05) is 18.2 Å². The van der Waals surface area contributed by atoms with E-state index < -0.39 is 11.6 Å². The average Bonchev–Trinajstić information content (AvgIpc) is 3.66. The van der Waals surface area contributed by atoms with Gasteiger partial charge in [-0.3, -0.25) is 4.79 Å². The van der Waals surface area contributed by atoms with Crippen molar-refractivity contribution in [1.29, 1.82) is 5.26 Å². The summed E-state index contributed by atoms with van der Waals surface area (Å²) in [6, 6.07) is 19.5. The molecule has 2 aromatic heterocycles. The van der Waals surface area contributed by atoms with E-state index >= 15 is 0 Å². The summed E-state index contributed by atoms with van der Waals surface area (Å²) in [4.78, 5) is 19.3. The highest BCUT2D eigenvalue weighted by atomic mass is 19.4. The van der Waals surface area contributed by atoms with Crippen LogP contribution in [0.4, 0.5) is 18.9 Å². The Labute approximate surface area is 228 Å². The topological polar surface area (TPSA) is 87.9 Å². The summed E-state index contributed by atoms with van der Waals surface area (Å²) in [6.45, 7) is 1.99. The molecule has 10 heteroatoms. The van der Waals surface area contributed by atoms with E-state index in [0.717, 1.165) is 37.2 Å². The third-order valence-electron chi connectivity index (χ3n) is 7.95. The highest BCUT2D eigenvalue weighted by Crippen LogP contribution is 2.58. The van der Waals surface area contributed by atoms with Crippen LogP contribution in [-0.4, -0.2) is 34.0 Å². The molecule has 1 saturated carbocycles. The zero-order chi connectivity index (χ0) is 27.9. The first kappa shape index (κ1) is 25.9. The van der Waals surface area contributed by atoms with E-state index in [0.29, 0.717) is 17.7 Å². The molecule has 4 aromatic rings. The summed E-state index contributed by atoms with van der Waals surface area (Å²) in [5.41, 5.74) is 1.44. The van der Waals surface area contributed by atoms with Gasteiger partial charge in [-0.1, -0.05) is 41.6 Å². The molecule has 6 rings (SSSR count). The number of alkyl halides is 3. The Morgan fingerprint density at radius 3 is 2.42 bits per heavy atom. The molecule has 1 aliphatic heterocycles. The molecule has 2 fully saturated rings. The summed E-state index contributed by atoms with van der Waals surface area (Å²) in [5.74, 6) is 0.564. The van der Waals surface area contributed by atoms with E-state index in [1.54, 1.807) is 29.0 Å². The van der Waals surface area contributed by atoms with Crippen LogP contribution in [0.5, 0.6) is 0 Å². The number of benzene rings is 2. The minimum Gasteiger partial charge on any atom is -0.371 e. The number of halogens is 3. The van der Waals surface area contributed by atoms with Crippen molar-refractivity contribution in [2.24, 2.45) is 5.92 Å². The van der Waals surface area contributed by atoms with Crippen LogP contribution in [0.3, 0.4) is 0 Å². The van der Waals surface area contributed by atoms with E-state index in [1.165, 1.54) is 18.2 Å². The molecule has 0 unspecified atom stereocenters. The van der Waals surface area contributed by atoms with Crippen molar-refractivity contribution in [3.63, 3.8) is 0 Å². The second-order valence-corrected chi connectivity index (χ2v) is 10.5. The normalized spacial score (nSPS) is 17.0. The lowest BCUT2D eigenvalue weighted by Crippen LogP contribution is -2.33. The van der Waals surface area contributed by atoms with Crippen LogP contribution >= 0.6 is 0 Å². The Morgan fingerprint density at radius 2 is 1.75 bits per heavy atom. The molecule has 2 aromatic carbocycles. The van der Waals surface area contributed by atoms with Crippen LogP contribution in [-0.2, 0) is 12.0 Å². The summed E-state index contributed by atoms with van der Waals surface area (Å²) in [6.07, 6.45) is -0.729. The fourth-order valence-corrected chi connectivity index (χ4v) is 5.35. The summed E-state index contributed by atoms with van der Waals surface area (Å²) in [7, 11) is 0. The Hall–Kier alpha value is -4.39. The molecule has 0 atom stereocenters. The lowest BCUT2D eigenvalue weighted by atomic mass is 9.94. The number of hydrogen-bond donors (Lipinski definition) is 0. The Morgan fingerprint density at radius 1 is 1.02 bits per heavy atom. The Kier molecular flexibility index (Phi) is 6.45. The molecule has 0 spiro atoms. The number of rotatable bonds is 6. The van der Waals surface area contributed by atoms with Gasteiger partial charge in [0, 0.05) is 42.5 Å². The number of aromatic nitrogens is 3. The molecular weight excluding hydrogens is 519 g/mol. The van der Waals surface area contributed by atoms with Gasteiger partial charge in [0.2, 0.25) is 5.82 Å². The number of anilines is 1. The third kappa shape index (κ3) is 4.88. The van der Waals surface area contributed by atoms with Crippen molar-refractivity contribution >= 4 is 5.69 Å². The lowest BCUT2D eigenvalue weighted by Gasteiger charge is -2.31. The lowest BCUT2D eigenvalue weighted by molar-refractivity contribution is -0.160.